The first-order valence-electron chi connectivity index (χ1n) is 4.97. The molecule has 0 aliphatic carbocycles. The third kappa shape index (κ3) is 1.58. The van der Waals surface area contributed by atoms with Gasteiger partial charge < -0.3 is 10.3 Å². The van der Waals surface area contributed by atoms with Crippen molar-refractivity contribution in [1.82, 2.24) is 9.55 Å². The Morgan fingerprint density at radius 1 is 1.53 bits per heavy atom. The predicted molar refractivity (Wildman–Crippen MR) is 58.5 cm³/mol. The number of fused-ring (bicyclic) bond motifs is 1. The normalized spacial score (nSPS) is 10.7. The monoisotopic (exact) mass is 203 g/mol. The molecule has 0 saturated carbocycles. The summed E-state index contributed by atoms with van der Waals surface area (Å²) < 4.78 is 1.97. The standard InChI is InChI=1S/C11H13N3O/c1-2-6-14-7-13-9-5-3-4-8(10(9)14)11(12)15/h3-5,7H,2,6H2,1H3,(H2,12,15). The number of carbonyl (C=O) groups is 1. The maximum absolute atomic E-state index is 11.3. The highest BCUT2D eigenvalue weighted by Gasteiger charge is 2.10. The second kappa shape index (κ2) is 3.73. The van der Waals surface area contributed by atoms with Crippen LogP contribution in [0.1, 0.15) is 23.7 Å². The van der Waals surface area contributed by atoms with Crippen LogP contribution in [0.15, 0.2) is 24.5 Å². The lowest BCUT2D eigenvalue weighted by atomic mass is 10.1. The highest BCUT2D eigenvalue weighted by molar-refractivity contribution is 6.04. The summed E-state index contributed by atoms with van der Waals surface area (Å²) in [5, 5.41) is 0. The number of benzene rings is 1. The molecule has 0 fully saturated rings. The third-order valence-corrected chi connectivity index (χ3v) is 2.37. The van der Waals surface area contributed by atoms with Crippen LogP contribution < -0.4 is 5.73 Å². The smallest absolute Gasteiger partial charge is 0.250 e. The quantitative estimate of drug-likeness (QED) is 0.822. The average molecular weight is 203 g/mol. The van der Waals surface area contributed by atoms with Crippen molar-refractivity contribution in [3.8, 4) is 0 Å². The van der Waals surface area contributed by atoms with Gasteiger partial charge >= 0.3 is 0 Å². The number of hydrogen-bond donors (Lipinski definition) is 1. The van der Waals surface area contributed by atoms with Crippen LogP contribution in [-0.2, 0) is 6.54 Å². The lowest BCUT2D eigenvalue weighted by molar-refractivity contribution is 0.100. The van der Waals surface area contributed by atoms with E-state index in [-0.39, 0.29) is 0 Å². The van der Waals surface area contributed by atoms with Crippen LogP contribution >= 0.6 is 0 Å². The first-order valence-corrected chi connectivity index (χ1v) is 4.97. The Kier molecular flexibility index (Phi) is 2.41. The summed E-state index contributed by atoms with van der Waals surface area (Å²) in [5.41, 5.74) is 7.52. The van der Waals surface area contributed by atoms with Crippen molar-refractivity contribution in [3.05, 3.63) is 30.1 Å². The van der Waals surface area contributed by atoms with Gasteiger partial charge in [0.1, 0.15) is 0 Å². The predicted octanol–water partition coefficient (Wildman–Crippen LogP) is 1.55. The lowest BCUT2D eigenvalue weighted by Crippen LogP contribution is -2.12. The van der Waals surface area contributed by atoms with Gasteiger partial charge in [-0.2, -0.15) is 0 Å². The fourth-order valence-corrected chi connectivity index (χ4v) is 1.74. The summed E-state index contributed by atoms with van der Waals surface area (Å²) in [5.74, 6) is -0.404. The number of imidazole rings is 1. The van der Waals surface area contributed by atoms with E-state index in [0.717, 1.165) is 24.0 Å². The zero-order valence-electron chi connectivity index (χ0n) is 8.60. The van der Waals surface area contributed by atoms with E-state index in [9.17, 15) is 4.79 Å². The molecule has 0 atom stereocenters. The van der Waals surface area contributed by atoms with Gasteiger partial charge in [0.05, 0.1) is 22.9 Å². The van der Waals surface area contributed by atoms with E-state index in [1.165, 1.54) is 0 Å². The van der Waals surface area contributed by atoms with Gasteiger partial charge in [-0.1, -0.05) is 13.0 Å². The van der Waals surface area contributed by atoms with E-state index >= 15 is 0 Å². The van der Waals surface area contributed by atoms with Gasteiger partial charge in [-0.25, -0.2) is 4.98 Å². The Morgan fingerprint density at radius 2 is 2.33 bits per heavy atom. The van der Waals surface area contributed by atoms with Crippen molar-refractivity contribution >= 4 is 16.9 Å². The topological polar surface area (TPSA) is 60.9 Å². The van der Waals surface area contributed by atoms with Gasteiger partial charge in [0.2, 0.25) is 0 Å². The van der Waals surface area contributed by atoms with E-state index < -0.39 is 5.91 Å². The fourth-order valence-electron chi connectivity index (χ4n) is 1.74. The summed E-state index contributed by atoms with van der Waals surface area (Å²) in [6.45, 7) is 2.93. The van der Waals surface area contributed by atoms with Gasteiger partial charge in [0.25, 0.3) is 5.91 Å². The van der Waals surface area contributed by atoms with Crippen molar-refractivity contribution < 1.29 is 4.79 Å². The number of aromatic nitrogens is 2. The van der Waals surface area contributed by atoms with Crippen molar-refractivity contribution in [2.24, 2.45) is 5.73 Å². The number of nitrogens with two attached hydrogens (primary N) is 1. The van der Waals surface area contributed by atoms with Crippen LogP contribution in [-0.4, -0.2) is 15.5 Å². The Hall–Kier alpha value is -1.84. The molecule has 0 aliphatic rings. The van der Waals surface area contributed by atoms with Crippen LogP contribution in [0.25, 0.3) is 11.0 Å². The van der Waals surface area contributed by atoms with E-state index in [1.54, 1.807) is 18.5 Å². The zero-order chi connectivity index (χ0) is 10.8. The Bertz CT molecular complexity index is 502. The summed E-state index contributed by atoms with van der Waals surface area (Å²) in [7, 11) is 0. The molecule has 1 heterocycles. The number of aryl methyl sites for hydroxylation is 1. The van der Waals surface area contributed by atoms with Crippen LogP contribution in [0.4, 0.5) is 0 Å². The number of rotatable bonds is 3. The first kappa shape index (κ1) is 9.71. The van der Waals surface area contributed by atoms with Gasteiger partial charge in [-0.05, 0) is 18.6 Å². The molecule has 0 spiro atoms. The molecular formula is C11H13N3O. The van der Waals surface area contributed by atoms with Gasteiger partial charge in [-0.15, -0.1) is 0 Å². The van der Waals surface area contributed by atoms with Crippen molar-refractivity contribution in [2.75, 3.05) is 0 Å². The maximum atomic E-state index is 11.3. The van der Waals surface area contributed by atoms with E-state index in [2.05, 4.69) is 11.9 Å². The molecule has 1 amide bonds. The maximum Gasteiger partial charge on any atom is 0.250 e. The van der Waals surface area contributed by atoms with E-state index in [0.29, 0.717) is 5.56 Å². The minimum atomic E-state index is -0.404. The fraction of sp³-hybridized carbons (Fsp3) is 0.273. The second-order valence-corrected chi connectivity index (χ2v) is 3.48. The molecule has 4 nitrogen and oxygen atoms in total. The molecule has 78 valence electrons. The molecule has 2 aromatic rings. The van der Waals surface area contributed by atoms with Crippen molar-refractivity contribution in [2.45, 2.75) is 19.9 Å². The number of carbonyl (C=O) groups excluding carboxylic acids is 1. The molecule has 0 unspecified atom stereocenters. The molecule has 0 bridgehead atoms. The summed E-state index contributed by atoms with van der Waals surface area (Å²) >= 11 is 0. The van der Waals surface area contributed by atoms with Crippen molar-refractivity contribution in [1.29, 1.82) is 0 Å². The lowest BCUT2D eigenvalue weighted by Gasteiger charge is -2.04. The third-order valence-electron chi connectivity index (χ3n) is 2.37. The molecule has 2 N–H and O–H groups in total. The molecule has 0 aliphatic heterocycles. The number of primary amides is 1. The van der Waals surface area contributed by atoms with Crippen LogP contribution in [0.5, 0.6) is 0 Å². The van der Waals surface area contributed by atoms with Crippen LogP contribution in [0.2, 0.25) is 0 Å². The Morgan fingerprint density at radius 3 is 3.00 bits per heavy atom. The largest absolute Gasteiger partial charge is 0.366 e. The van der Waals surface area contributed by atoms with Crippen molar-refractivity contribution in [3.63, 3.8) is 0 Å². The average Bonchev–Trinajstić information content (AvgIpc) is 2.62. The number of para-hydroxylation sites is 1. The minimum absolute atomic E-state index is 0.404. The Labute approximate surface area is 87.7 Å². The zero-order valence-corrected chi connectivity index (χ0v) is 8.60. The first-order chi connectivity index (χ1) is 7.24. The van der Waals surface area contributed by atoms with Crippen LogP contribution in [0.3, 0.4) is 0 Å². The number of hydrogen-bond acceptors (Lipinski definition) is 2. The summed E-state index contributed by atoms with van der Waals surface area (Å²) in [6, 6.07) is 5.41. The molecule has 1 aromatic carbocycles. The summed E-state index contributed by atoms with van der Waals surface area (Å²) in [6.07, 6.45) is 2.75. The minimum Gasteiger partial charge on any atom is -0.366 e. The Balaban J connectivity index is 2.69. The molecule has 4 heteroatoms. The van der Waals surface area contributed by atoms with E-state index in [1.807, 2.05) is 10.6 Å². The van der Waals surface area contributed by atoms with Gasteiger partial charge in [0, 0.05) is 6.54 Å². The molecule has 2 rings (SSSR count). The number of nitrogens with zero attached hydrogens (tertiary/aromatic N) is 2. The molecule has 0 radical (unpaired) electrons. The second-order valence-electron chi connectivity index (χ2n) is 3.48. The summed E-state index contributed by atoms with van der Waals surface area (Å²) in [4.78, 5) is 15.5. The highest BCUT2D eigenvalue weighted by Crippen LogP contribution is 2.17. The van der Waals surface area contributed by atoms with E-state index in [4.69, 9.17) is 5.73 Å². The molecule has 0 saturated heterocycles. The van der Waals surface area contributed by atoms with Gasteiger partial charge in [-0.3, -0.25) is 4.79 Å². The van der Waals surface area contributed by atoms with Crippen LogP contribution in [0, 0.1) is 0 Å². The SMILES string of the molecule is CCCn1cnc2cccc(C(N)=O)c21. The molecular weight excluding hydrogens is 190 g/mol. The molecule has 1 aromatic heterocycles. The van der Waals surface area contributed by atoms with Gasteiger partial charge in [0.15, 0.2) is 0 Å². The molecule has 15 heavy (non-hydrogen) atoms. The highest BCUT2D eigenvalue weighted by atomic mass is 16.1. The number of amides is 1.